The van der Waals surface area contributed by atoms with Crippen LogP contribution in [0.4, 0.5) is 0 Å². The summed E-state index contributed by atoms with van der Waals surface area (Å²) in [4.78, 5) is 14.8. The third kappa shape index (κ3) is 4.14. The molecule has 0 aromatic heterocycles. The fraction of sp³-hybridized carbons (Fsp3) is 0.588. The SMILES string of the molecule is COCCC[C@H]1CCCCN1C(=O)c1ccc(OC)c(Cl)c1. The molecule has 1 amide bonds. The van der Waals surface area contributed by atoms with Crippen LogP contribution in [0.3, 0.4) is 0 Å². The highest BCUT2D eigenvalue weighted by molar-refractivity contribution is 6.32. The van der Waals surface area contributed by atoms with Gasteiger partial charge in [-0.15, -0.1) is 0 Å². The Balaban J connectivity index is 2.09. The molecular formula is C17H24ClNO3. The molecule has 1 heterocycles. The van der Waals surface area contributed by atoms with Crippen molar-refractivity contribution in [3.8, 4) is 5.75 Å². The van der Waals surface area contributed by atoms with Gasteiger partial charge in [0.1, 0.15) is 5.75 Å². The van der Waals surface area contributed by atoms with Gasteiger partial charge in [-0.05, 0) is 50.3 Å². The zero-order valence-corrected chi connectivity index (χ0v) is 14.1. The zero-order valence-electron chi connectivity index (χ0n) is 13.3. The van der Waals surface area contributed by atoms with E-state index in [-0.39, 0.29) is 5.91 Å². The molecule has 1 fully saturated rings. The number of carbonyl (C=O) groups is 1. The van der Waals surface area contributed by atoms with Crippen LogP contribution in [0.5, 0.6) is 5.75 Å². The Morgan fingerprint density at radius 1 is 1.36 bits per heavy atom. The van der Waals surface area contributed by atoms with E-state index >= 15 is 0 Å². The fourth-order valence-electron chi connectivity index (χ4n) is 3.00. The van der Waals surface area contributed by atoms with Gasteiger partial charge < -0.3 is 14.4 Å². The third-order valence-corrected chi connectivity index (χ3v) is 4.47. The van der Waals surface area contributed by atoms with Crippen molar-refractivity contribution in [3.63, 3.8) is 0 Å². The average molecular weight is 326 g/mol. The van der Waals surface area contributed by atoms with Gasteiger partial charge in [-0.25, -0.2) is 0 Å². The van der Waals surface area contributed by atoms with Crippen molar-refractivity contribution in [3.05, 3.63) is 28.8 Å². The van der Waals surface area contributed by atoms with Gasteiger partial charge >= 0.3 is 0 Å². The molecule has 1 aliphatic heterocycles. The second-order valence-corrected chi connectivity index (χ2v) is 6.04. The van der Waals surface area contributed by atoms with E-state index in [0.29, 0.717) is 22.4 Å². The lowest BCUT2D eigenvalue weighted by molar-refractivity contribution is 0.0585. The molecule has 1 aliphatic rings. The summed E-state index contributed by atoms with van der Waals surface area (Å²) in [5, 5.41) is 0.473. The number of hydrogen-bond acceptors (Lipinski definition) is 3. The van der Waals surface area contributed by atoms with Gasteiger partial charge in [-0.3, -0.25) is 4.79 Å². The smallest absolute Gasteiger partial charge is 0.254 e. The number of amides is 1. The van der Waals surface area contributed by atoms with E-state index in [4.69, 9.17) is 21.1 Å². The van der Waals surface area contributed by atoms with E-state index in [1.165, 1.54) is 6.42 Å². The zero-order chi connectivity index (χ0) is 15.9. The number of piperidine rings is 1. The number of hydrogen-bond donors (Lipinski definition) is 0. The fourth-order valence-corrected chi connectivity index (χ4v) is 3.25. The number of benzene rings is 1. The Hall–Kier alpha value is -1.26. The normalized spacial score (nSPS) is 18.3. The number of carbonyl (C=O) groups excluding carboxylic acids is 1. The Kier molecular flexibility index (Phi) is 6.52. The van der Waals surface area contributed by atoms with Crippen molar-refractivity contribution in [2.75, 3.05) is 27.4 Å². The summed E-state index contributed by atoms with van der Waals surface area (Å²) in [6, 6.07) is 5.54. The highest BCUT2D eigenvalue weighted by Gasteiger charge is 2.27. The van der Waals surface area contributed by atoms with E-state index in [1.54, 1.807) is 32.4 Å². The van der Waals surface area contributed by atoms with Gasteiger partial charge in [-0.2, -0.15) is 0 Å². The summed E-state index contributed by atoms with van der Waals surface area (Å²) in [6.07, 6.45) is 5.29. The standard InChI is InChI=1S/C17H24ClNO3/c1-21-11-5-7-14-6-3-4-10-19(14)17(20)13-8-9-16(22-2)15(18)12-13/h8-9,12,14H,3-7,10-11H2,1-2H3/t14-/m1/s1. The minimum atomic E-state index is 0.0617. The predicted molar refractivity (Wildman–Crippen MR) is 87.8 cm³/mol. The van der Waals surface area contributed by atoms with Crippen LogP contribution in [0.1, 0.15) is 42.5 Å². The van der Waals surface area contributed by atoms with Crippen molar-refractivity contribution in [1.29, 1.82) is 0 Å². The van der Waals surface area contributed by atoms with Crippen LogP contribution < -0.4 is 4.74 Å². The minimum Gasteiger partial charge on any atom is -0.495 e. The maximum Gasteiger partial charge on any atom is 0.254 e. The maximum absolute atomic E-state index is 12.8. The van der Waals surface area contributed by atoms with Crippen molar-refractivity contribution < 1.29 is 14.3 Å². The van der Waals surface area contributed by atoms with Crippen molar-refractivity contribution in [2.45, 2.75) is 38.1 Å². The molecule has 0 unspecified atom stereocenters. The van der Waals surface area contributed by atoms with Gasteiger partial charge in [0, 0.05) is 31.9 Å². The number of likely N-dealkylation sites (tertiary alicyclic amines) is 1. The molecule has 5 heteroatoms. The molecule has 1 saturated heterocycles. The maximum atomic E-state index is 12.8. The Morgan fingerprint density at radius 3 is 2.86 bits per heavy atom. The monoisotopic (exact) mass is 325 g/mol. The largest absolute Gasteiger partial charge is 0.495 e. The van der Waals surface area contributed by atoms with Crippen LogP contribution in [0.15, 0.2) is 18.2 Å². The Bertz CT molecular complexity index is 507. The molecular weight excluding hydrogens is 302 g/mol. The van der Waals surface area contributed by atoms with Crippen molar-refractivity contribution in [2.24, 2.45) is 0 Å². The summed E-state index contributed by atoms with van der Waals surface area (Å²) in [5.74, 6) is 0.653. The molecule has 0 bridgehead atoms. The Labute approximate surface area is 137 Å². The first-order chi connectivity index (χ1) is 10.7. The molecule has 1 atom stereocenters. The van der Waals surface area contributed by atoms with Crippen molar-refractivity contribution in [1.82, 2.24) is 4.90 Å². The van der Waals surface area contributed by atoms with Gasteiger partial charge in [0.2, 0.25) is 0 Å². The number of rotatable bonds is 6. The summed E-state index contributed by atoms with van der Waals surface area (Å²) in [5.41, 5.74) is 0.629. The van der Waals surface area contributed by atoms with E-state index in [9.17, 15) is 4.79 Å². The second-order valence-electron chi connectivity index (χ2n) is 5.63. The molecule has 2 rings (SSSR count). The lowest BCUT2D eigenvalue weighted by Gasteiger charge is -2.36. The number of ether oxygens (including phenoxy) is 2. The predicted octanol–water partition coefficient (Wildman–Crippen LogP) is 3.77. The quantitative estimate of drug-likeness (QED) is 0.747. The molecule has 1 aromatic rings. The van der Waals surface area contributed by atoms with Gasteiger partial charge in [-0.1, -0.05) is 11.6 Å². The highest BCUT2D eigenvalue weighted by atomic mass is 35.5. The minimum absolute atomic E-state index is 0.0617. The van der Waals surface area contributed by atoms with E-state index in [2.05, 4.69) is 0 Å². The summed E-state index contributed by atoms with van der Waals surface area (Å²) < 4.78 is 10.3. The topological polar surface area (TPSA) is 38.8 Å². The number of methoxy groups -OCH3 is 2. The molecule has 22 heavy (non-hydrogen) atoms. The first-order valence-corrected chi connectivity index (χ1v) is 8.18. The van der Waals surface area contributed by atoms with Crippen LogP contribution in [0.2, 0.25) is 5.02 Å². The van der Waals surface area contributed by atoms with Crippen LogP contribution in [-0.2, 0) is 4.74 Å². The molecule has 0 saturated carbocycles. The van der Waals surface area contributed by atoms with Gasteiger partial charge in [0.25, 0.3) is 5.91 Å². The first-order valence-electron chi connectivity index (χ1n) is 7.80. The first kappa shape index (κ1) is 17.1. The van der Waals surface area contributed by atoms with Crippen LogP contribution in [0.25, 0.3) is 0 Å². The average Bonchev–Trinajstić information content (AvgIpc) is 2.55. The lowest BCUT2D eigenvalue weighted by atomic mass is 9.97. The van der Waals surface area contributed by atoms with E-state index in [1.807, 2.05) is 4.90 Å². The third-order valence-electron chi connectivity index (χ3n) is 4.17. The molecule has 0 radical (unpaired) electrons. The van der Waals surface area contributed by atoms with Gasteiger partial charge in [0.15, 0.2) is 0 Å². The lowest BCUT2D eigenvalue weighted by Crippen LogP contribution is -2.43. The molecule has 4 nitrogen and oxygen atoms in total. The summed E-state index contributed by atoms with van der Waals surface area (Å²) >= 11 is 6.14. The number of halogens is 1. The van der Waals surface area contributed by atoms with Gasteiger partial charge in [0.05, 0.1) is 12.1 Å². The molecule has 1 aromatic carbocycles. The summed E-state index contributed by atoms with van der Waals surface area (Å²) in [7, 11) is 3.28. The second kappa shape index (κ2) is 8.39. The number of nitrogens with zero attached hydrogens (tertiary/aromatic N) is 1. The van der Waals surface area contributed by atoms with E-state index < -0.39 is 0 Å². The van der Waals surface area contributed by atoms with E-state index in [0.717, 1.165) is 38.8 Å². The van der Waals surface area contributed by atoms with Crippen molar-refractivity contribution >= 4 is 17.5 Å². The molecule has 122 valence electrons. The van der Waals surface area contributed by atoms with Crippen LogP contribution >= 0.6 is 11.6 Å². The highest BCUT2D eigenvalue weighted by Crippen LogP contribution is 2.28. The van der Waals surface area contributed by atoms with Crippen LogP contribution in [0, 0.1) is 0 Å². The van der Waals surface area contributed by atoms with Crippen LogP contribution in [-0.4, -0.2) is 44.2 Å². The molecule has 0 spiro atoms. The summed E-state index contributed by atoms with van der Waals surface area (Å²) in [6.45, 7) is 1.56. The Morgan fingerprint density at radius 2 is 2.18 bits per heavy atom. The molecule has 0 N–H and O–H groups in total. The molecule has 0 aliphatic carbocycles.